The molecule has 2 rings (SSSR count). The van der Waals surface area contributed by atoms with Crippen LogP contribution >= 0.6 is 0 Å². The molecule has 0 bridgehead atoms. The number of aliphatic hydroxyl groups is 8. The van der Waals surface area contributed by atoms with E-state index in [0.717, 1.165) is 57.8 Å². The third-order valence-electron chi connectivity index (χ3n) is 12.9. The van der Waals surface area contributed by atoms with Crippen molar-refractivity contribution < 1.29 is 64.6 Å². The number of unbranched alkanes of at least 4 members (excludes halogenated alkanes) is 20. The number of aliphatic hydroxyl groups excluding tert-OH is 8. The number of ether oxygens (including phenoxy) is 4. The van der Waals surface area contributed by atoms with Crippen molar-refractivity contribution in [3.63, 3.8) is 0 Å². The summed E-state index contributed by atoms with van der Waals surface area (Å²) in [6, 6.07) is -0.931. The van der Waals surface area contributed by atoms with Gasteiger partial charge in [0.25, 0.3) is 0 Å². The maximum absolute atomic E-state index is 13.1. The first-order valence-electron chi connectivity index (χ1n) is 27.0. The molecule has 0 aromatic heterocycles. The Bertz CT molecular complexity index is 1390. The van der Waals surface area contributed by atoms with Crippen LogP contribution in [-0.2, 0) is 23.7 Å². The van der Waals surface area contributed by atoms with Gasteiger partial charge in [-0.2, -0.15) is 0 Å². The van der Waals surface area contributed by atoms with E-state index >= 15 is 0 Å². The van der Waals surface area contributed by atoms with Crippen LogP contribution < -0.4 is 5.32 Å². The van der Waals surface area contributed by atoms with Gasteiger partial charge in [0.1, 0.15) is 48.8 Å². The van der Waals surface area contributed by atoms with Gasteiger partial charge in [0.15, 0.2) is 12.6 Å². The van der Waals surface area contributed by atoms with E-state index in [1.165, 1.54) is 96.3 Å². The summed E-state index contributed by atoms with van der Waals surface area (Å²) in [4.78, 5) is 13.1. The summed E-state index contributed by atoms with van der Waals surface area (Å²) in [6.07, 6.45) is 34.4. The topological polar surface area (TPSA) is 228 Å². The van der Waals surface area contributed by atoms with Gasteiger partial charge >= 0.3 is 0 Å². The van der Waals surface area contributed by atoms with E-state index in [0.29, 0.717) is 12.8 Å². The summed E-state index contributed by atoms with van der Waals surface area (Å²) in [7, 11) is 0. The second-order valence-electron chi connectivity index (χ2n) is 19.0. The van der Waals surface area contributed by atoms with Crippen LogP contribution in [0.2, 0.25) is 0 Å². The number of carbonyl (C=O) groups is 1. The molecule has 2 saturated heterocycles. The second-order valence-corrected chi connectivity index (χ2v) is 19.0. The Morgan fingerprint density at radius 1 is 0.522 bits per heavy atom. The molecule has 400 valence electrons. The highest BCUT2D eigenvalue weighted by molar-refractivity contribution is 5.76. The van der Waals surface area contributed by atoms with E-state index in [4.69, 9.17) is 18.9 Å². The summed E-state index contributed by atoms with van der Waals surface area (Å²) in [6.45, 7) is 2.66. The quantitative estimate of drug-likeness (QED) is 0.0211. The second kappa shape index (κ2) is 41.2. The van der Waals surface area contributed by atoms with Gasteiger partial charge in [0, 0.05) is 6.42 Å². The first-order chi connectivity index (χ1) is 33.6. The van der Waals surface area contributed by atoms with Crippen molar-refractivity contribution in [2.45, 2.75) is 261 Å². The molecule has 2 aliphatic heterocycles. The Balaban J connectivity index is 1.69. The van der Waals surface area contributed by atoms with Crippen LogP contribution in [0.25, 0.3) is 0 Å². The van der Waals surface area contributed by atoms with Gasteiger partial charge in [-0.1, -0.05) is 177 Å². The van der Waals surface area contributed by atoms with Crippen LogP contribution in [0.1, 0.15) is 187 Å². The lowest BCUT2D eigenvalue weighted by atomic mass is 9.97. The van der Waals surface area contributed by atoms with Crippen molar-refractivity contribution in [2.75, 3.05) is 19.8 Å². The largest absolute Gasteiger partial charge is 0.394 e. The Morgan fingerprint density at radius 3 is 1.57 bits per heavy atom. The van der Waals surface area contributed by atoms with Crippen molar-refractivity contribution in [1.29, 1.82) is 0 Å². The van der Waals surface area contributed by atoms with Crippen molar-refractivity contribution >= 4 is 5.91 Å². The summed E-state index contributed by atoms with van der Waals surface area (Å²) >= 11 is 0. The summed E-state index contributed by atoms with van der Waals surface area (Å²) in [5.41, 5.74) is 0. The molecular weight excluding hydrogens is 883 g/mol. The minimum atomic E-state index is -1.79. The molecule has 0 aromatic rings. The third kappa shape index (κ3) is 27.9. The van der Waals surface area contributed by atoms with E-state index in [1.807, 2.05) is 6.08 Å². The van der Waals surface area contributed by atoms with Gasteiger partial charge in [-0.05, 0) is 64.2 Å². The lowest BCUT2D eigenvalue weighted by Crippen LogP contribution is -2.65. The zero-order valence-electron chi connectivity index (χ0n) is 42.5. The molecule has 0 aliphatic carbocycles. The molecular formula is C55H97NO13. The molecule has 69 heavy (non-hydrogen) atoms. The maximum atomic E-state index is 13.1. The van der Waals surface area contributed by atoms with Crippen LogP contribution in [0.3, 0.4) is 0 Å². The van der Waals surface area contributed by atoms with Crippen molar-refractivity contribution in [1.82, 2.24) is 5.32 Å². The Morgan fingerprint density at radius 2 is 0.986 bits per heavy atom. The molecule has 14 nitrogen and oxygen atoms in total. The Kier molecular flexibility index (Phi) is 37.5. The van der Waals surface area contributed by atoms with Gasteiger partial charge in [-0.3, -0.25) is 4.79 Å². The van der Waals surface area contributed by atoms with Crippen molar-refractivity contribution in [2.24, 2.45) is 0 Å². The smallest absolute Gasteiger partial charge is 0.220 e. The highest BCUT2D eigenvalue weighted by Gasteiger charge is 2.51. The number of hydrogen-bond acceptors (Lipinski definition) is 13. The minimum absolute atomic E-state index is 0.257. The Labute approximate surface area is 416 Å². The maximum Gasteiger partial charge on any atom is 0.220 e. The van der Waals surface area contributed by atoms with Crippen LogP contribution in [0.4, 0.5) is 0 Å². The number of amides is 1. The molecule has 0 spiro atoms. The summed E-state index contributed by atoms with van der Waals surface area (Å²) in [5.74, 6) is -0.257. The summed E-state index contributed by atoms with van der Waals surface area (Å²) < 4.78 is 22.6. The number of hydrogen-bond donors (Lipinski definition) is 9. The van der Waals surface area contributed by atoms with E-state index in [2.05, 4.69) is 67.8 Å². The fourth-order valence-electron chi connectivity index (χ4n) is 8.48. The molecule has 0 radical (unpaired) electrons. The summed E-state index contributed by atoms with van der Waals surface area (Å²) in [5, 5.41) is 86.5. The molecule has 2 fully saturated rings. The lowest BCUT2D eigenvalue weighted by Gasteiger charge is -2.46. The van der Waals surface area contributed by atoms with Gasteiger partial charge in [-0.25, -0.2) is 0 Å². The lowest BCUT2D eigenvalue weighted by molar-refractivity contribution is -0.359. The molecule has 1 amide bonds. The zero-order chi connectivity index (χ0) is 50.3. The standard InChI is InChI=1S/C55H97NO13/c1-3-5-7-9-11-13-14-15-16-17-18-19-20-21-22-23-24-25-26-27-28-29-30-31-33-35-37-39-47(60)56-43(44(59)38-36-34-32-12-10-8-6-4-2)42-66-54-52(65)50(63)53(46(41-58)68-54)69-55-51(64)49(62)48(61)45(40-57)67-55/h10,12,14-15,17-18,20-21,36,38,43-46,48-55,57-59,61-65H,3-9,11,13,16,19,22-35,37,39-42H2,1-2H3,(H,56,60)/b12-10+,15-14-,18-17-,21-20-,38-36+. The fraction of sp³-hybridized carbons (Fsp3) is 0.800. The normalized spacial score (nSPS) is 26.6. The van der Waals surface area contributed by atoms with Crippen molar-refractivity contribution in [3.05, 3.63) is 60.8 Å². The fourth-order valence-corrected chi connectivity index (χ4v) is 8.48. The van der Waals surface area contributed by atoms with Gasteiger partial charge in [0.05, 0.1) is 32.0 Å². The SMILES string of the molecule is CCCC/C=C/CC/C=C/C(O)C(COC1OC(CO)C(OC2OC(CO)C(O)C(O)C2O)C(O)C1O)NC(=O)CCCCCCCCCCCCCC/C=C\C/C=C\C/C=C\CCCCCCC. The molecule has 9 N–H and O–H groups in total. The van der Waals surface area contributed by atoms with Crippen LogP contribution in [0.5, 0.6) is 0 Å². The van der Waals surface area contributed by atoms with Crippen LogP contribution in [0, 0.1) is 0 Å². The number of rotatable bonds is 41. The van der Waals surface area contributed by atoms with Crippen molar-refractivity contribution in [3.8, 4) is 0 Å². The molecule has 14 heteroatoms. The number of allylic oxidation sites excluding steroid dienone is 9. The van der Waals surface area contributed by atoms with E-state index in [1.54, 1.807) is 6.08 Å². The molecule has 0 saturated carbocycles. The monoisotopic (exact) mass is 980 g/mol. The van der Waals surface area contributed by atoms with E-state index in [9.17, 15) is 45.6 Å². The van der Waals surface area contributed by atoms with Gasteiger partial charge < -0.3 is 65.1 Å². The first kappa shape index (κ1) is 62.8. The predicted molar refractivity (Wildman–Crippen MR) is 272 cm³/mol. The molecule has 2 aliphatic rings. The Hall–Kier alpha value is -2.31. The predicted octanol–water partition coefficient (Wildman–Crippen LogP) is 7.83. The molecule has 12 atom stereocenters. The average Bonchev–Trinajstić information content (AvgIpc) is 3.35. The van der Waals surface area contributed by atoms with Gasteiger partial charge in [-0.15, -0.1) is 0 Å². The van der Waals surface area contributed by atoms with E-state index < -0.39 is 86.8 Å². The number of carbonyl (C=O) groups excluding carboxylic acids is 1. The first-order valence-corrected chi connectivity index (χ1v) is 27.0. The van der Waals surface area contributed by atoms with Crippen LogP contribution in [-0.4, -0.2) is 140 Å². The number of nitrogens with one attached hydrogen (secondary N) is 1. The van der Waals surface area contributed by atoms with E-state index in [-0.39, 0.29) is 18.9 Å². The highest BCUT2D eigenvalue weighted by Crippen LogP contribution is 2.30. The van der Waals surface area contributed by atoms with Crippen LogP contribution in [0.15, 0.2) is 60.8 Å². The average molecular weight is 980 g/mol. The molecule has 2 heterocycles. The minimum Gasteiger partial charge on any atom is -0.394 e. The zero-order valence-corrected chi connectivity index (χ0v) is 42.5. The molecule has 12 unspecified atom stereocenters. The molecule has 0 aromatic carbocycles. The highest BCUT2D eigenvalue weighted by atomic mass is 16.7. The third-order valence-corrected chi connectivity index (χ3v) is 12.9. The van der Waals surface area contributed by atoms with Gasteiger partial charge in [0.2, 0.25) is 5.91 Å².